The Bertz CT molecular complexity index is 1550. The van der Waals surface area contributed by atoms with Gasteiger partial charge in [0.25, 0.3) is 5.91 Å². The molecule has 4 heterocycles. The number of aryl methyl sites for hydroxylation is 1. The third-order valence-corrected chi connectivity index (χ3v) is 9.45. The van der Waals surface area contributed by atoms with Crippen molar-refractivity contribution in [1.29, 1.82) is 0 Å². The van der Waals surface area contributed by atoms with Gasteiger partial charge in [-0.25, -0.2) is 0 Å². The molecule has 222 valence electrons. The van der Waals surface area contributed by atoms with Crippen LogP contribution in [0.25, 0.3) is 0 Å². The molecule has 8 nitrogen and oxygen atoms in total. The number of rotatable bonds is 5. The van der Waals surface area contributed by atoms with E-state index >= 15 is 0 Å². The maximum Gasteiger partial charge on any atom is 0.416 e. The van der Waals surface area contributed by atoms with Gasteiger partial charge in [0.1, 0.15) is 12.2 Å². The Kier molecular flexibility index (Phi) is 6.49. The molecule has 11 heteroatoms. The third-order valence-electron chi connectivity index (χ3n) is 9.45. The lowest BCUT2D eigenvalue weighted by Gasteiger charge is -2.31. The van der Waals surface area contributed by atoms with Crippen molar-refractivity contribution in [3.8, 4) is 11.5 Å². The van der Waals surface area contributed by atoms with Crippen LogP contribution in [0.4, 0.5) is 18.9 Å². The van der Waals surface area contributed by atoms with Crippen LogP contribution < -0.4 is 14.4 Å². The highest BCUT2D eigenvalue weighted by molar-refractivity contribution is 6.11. The predicted octanol–water partition coefficient (Wildman–Crippen LogP) is 5.82. The summed E-state index contributed by atoms with van der Waals surface area (Å²) in [6.45, 7) is 4.00. The first-order chi connectivity index (χ1) is 20.1. The molecule has 42 heavy (non-hydrogen) atoms. The van der Waals surface area contributed by atoms with Gasteiger partial charge in [-0.05, 0) is 79.1 Å². The van der Waals surface area contributed by atoms with Gasteiger partial charge >= 0.3 is 6.18 Å². The van der Waals surface area contributed by atoms with Crippen LogP contribution in [-0.4, -0.2) is 45.5 Å². The molecule has 0 unspecified atom stereocenters. The lowest BCUT2D eigenvalue weighted by atomic mass is 9.77. The smallest absolute Gasteiger partial charge is 0.416 e. The summed E-state index contributed by atoms with van der Waals surface area (Å²) in [7, 11) is 1.91. The van der Waals surface area contributed by atoms with E-state index in [4.69, 9.17) is 9.47 Å². The summed E-state index contributed by atoms with van der Waals surface area (Å²) in [6.07, 6.45) is 2.89. The van der Waals surface area contributed by atoms with E-state index in [1.54, 1.807) is 12.4 Å². The molecular weight excluding hydrogens is 547 g/mol. The third kappa shape index (κ3) is 4.44. The van der Waals surface area contributed by atoms with Crippen molar-refractivity contribution in [2.24, 2.45) is 13.0 Å². The molecule has 1 atom stereocenters. The lowest BCUT2D eigenvalue weighted by Crippen LogP contribution is -2.33. The van der Waals surface area contributed by atoms with E-state index in [1.165, 1.54) is 11.0 Å². The number of alkyl halides is 3. The topological polar surface area (TPSA) is 72.7 Å². The van der Waals surface area contributed by atoms with Crippen LogP contribution >= 0.6 is 0 Å². The number of fused-ring (bicyclic) bond motifs is 2. The van der Waals surface area contributed by atoms with Crippen LogP contribution in [0.15, 0.2) is 30.6 Å². The van der Waals surface area contributed by atoms with E-state index in [0.29, 0.717) is 35.2 Å². The molecule has 0 bridgehead atoms. The fourth-order valence-corrected chi connectivity index (χ4v) is 7.50. The maximum atomic E-state index is 14.5. The number of piperidine rings is 1. The van der Waals surface area contributed by atoms with E-state index in [1.807, 2.05) is 23.7 Å². The average Bonchev–Trinajstić information content (AvgIpc) is 3.75. The SMILES string of the molecule is C[C@H]1CCCN(Cc2cc3c(c(C(F)(F)F)c2)CN(c2cc(C4(c5nncn5C)CCCC4)cc4c2OCO4)C3=O)C1. The van der Waals surface area contributed by atoms with Crippen LogP contribution in [-0.2, 0) is 31.7 Å². The quantitative estimate of drug-likeness (QED) is 0.379. The summed E-state index contributed by atoms with van der Waals surface area (Å²) < 4.78 is 56.9. The van der Waals surface area contributed by atoms with E-state index < -0.39 is 23.1 Å². The summed E-state index contributed by atoms with van der Waals surface area (Å²) in [5.74, 6) is 1.71. The van der Waals surface area contributed by atoms with Crippen LogP contribution in [0.3, 0.4) is 0 Å². The summed E-state index contributed by atoms with van der Waals surface area (Å²) >= 11 is 0. The summed E-state index contributed by atoms with van der Waals surface area (Å²) in [5, 5.41) is 8.56. The van der Waals surface area contributed by atoms with Crippen molar-refractivity contribution in [1.82, 2.24) is 19.7 Å². The van der Waals surface area contributed by atoms with Gasteiger partial charge < -0.3 is 18.9 Å². The normalized spacial score (nSPS) is 21.8. The Labute approximate surface area is 242 Å². The Morgan fingerprint density at radius 2 is 1.90 bits per heavy atom. The second-order valence-corrected chi connectivity index (χ2v) is 12.3. The van der Waals surface area contributed by atoms with Crippen molar-refractivity contribution in [3.05, 3.63) is 64.2 Å². The standard InChI is InChI=1S/C31H34F3N5O3/c1-19-6-5-9-38(14-19)15-20-10-22-23(24(11-20)31(32,33)34)16-39(28(22)40)25-12-21(13-26-27(25)42-18-41-26)30(7-3-4-8-30)29-36-35-17-37(29)2/h10-13,17,19H,3-9,14-16,18H2,1-2H3/t19-/m0/s1. The van der Waals surface area contributed by atoms with Gasteiger partial charge in [-0.2, -0.15) is 13.2 Å². The largest absolute Gasteiger partial charge is 0.453 e. The van der Waals surface area contributed by atoms with Crippen molar-refractivity contribution < 1.29 is 27.4 Å². The molecule has 1 aromatic heterocycles. The molecule has 4 aliphatic rings. The molecule has 1 amide bonds. The van der Waals surface area contributed by atoms with E-state index in [2.05, 4.69) is 22.0 Å². The van der Waals surface area contributed by atoms with Gasteiger partial charge in [-0.3, -0.25) is 9.69 Å². The minimum absolute atomic E-state index is 0.00483. The molecule has 2 aromatic carbocycles. The van der Waals surface area contributed by atoms with Crippen LogP contribution in [0, 0.1) is 5.92 Å². The van der Waals surface area contributed by atoms with Crippen LogP contribution in [0.1, 0.15) is 83.9 Å². The maximum absolute atomic E-state index is 14.5. The number of ether oxygens (including phenoxy) is 2. The number of amides is 1. The van der Waals surface area contributed by atoms with Crippen molar-refractivity contribution in [2.75, 3.05) is 24.8 Å². The first-order valence-corrected chi connectivity index (χ1v) is 14.7. The van der Waals surface area contributed by atoms with E-state index in [9.17, 15) is 18.0 Å². The highest BCUT2D eigenvalue weighted by Crippen LogP contribution is 2.52. The van der Waals surface area contributed by atoms with Crippen LogP contribution in [0.5, 0.6) is 11.5 Å². The number of aromatic nitrogens is 3. The molecule has 7 rings (SSSR count). The summed E-state index contributed by atoms with van der Waals surface area (Å²) in [5.41, 5.74) is 0.747. The Morgan fingerprint density at radius 3 is 2.62 bits per heavy atom. The Morgan fingerprint density at radius 1 is 1.10 bits per heavy atom. The number of likely N-dealkylation sites (tertiary alicyclic amines) is 1. The van der Waals surface area contributed by atoms with Crippen molar-refractivity contribution in [3.63, 3.8) is 0 Å². The molecule has 1 saturated heterocycles. The zero-order chi connectivity index (χ0) is 29.2. The molecule has 3 aliphatic heterocycles. The number of hydrogen-bond donors (Lipinski definition) is 0. The van der Waals surface area contributed by atoms with E-state index in [0.717, 1.165) is 63.0 Å². The van der Waals surface area contributed by atoms with Gasteiger partial charge in [-0.15, -0.1) is 10.2 Å². The molecule has 0 spiro atoms. The number of anilines is 1. The average molecular weight is 582 g/mol. The van der Waals surface area contributed by atoms with Crippen LogP contribution in [0.2, 0.25) is 0 Å². The van der Waals surface area contributed by atoms with Crippen molar-refractivity contribution in [2.45, 2.75) is 70.1 Å². The molecule has 0 N–H and O–H groups in total. The predicted molar refractivity (Wildman–Crippen MR) is 148 cm³/mol. The zero-order valence-corrected chi connectivity index (χ0v) is 23.8. The molecule has 1 saturated carbocycles. The fourth-order valence-electron chi connectivity index (χ4n) is 7.50. The first kappa shape index (κ1) is 27.2. The fraction of sp³-hybridized carbons (Fsp3) is 0.516. The number of nitrogens with zero attached hydrogens (tertiary/aromatic N) is 5. The van der Waals surface area contributed by atoms with Gasteiger partial charge in [0.15, 0.2) is 11.5 Å². The number of benzene rings is 2. The zero-order valence-electron chi connectivity index (χ0n) is 23.8. The van der Waals surface area contributed by atoms with Gasteiger partial charge in [0.05, 0.1) is 23.2 Å². The monoisotopic (exact) mass is 581 g/mol. The van der Waals surface area contributed by atoms with Crippen molar-refractivity contribution >= 4 is 11.6 Å². The molecule has 3 aromatic rings. The lowest BCUT2D eigenvalue weighted by molar-refractivity contribution is -0.138. The number of carbonyl (C=O) groups excluding carboxylic acids is 1. The summed E-state index contributed by atoms with van der Waals surface area (Å²) in [6, 6.07) is 6.71. The second kappa shape index (κ2) is 10.00. The molecule has 1 aliphatic carbocycles. The Balaban J connectivity index is 1.30. The Hall–Kier alpha value is -3.60. The molecular formula is C31H34F3N5O3. The minimum Gasteiger partial charge on any atom is -0.453 e. The highest BCUT2D eigenvalue weighted by Gasteiger charge is 2.45. The highest BCUT2D eigenvalue weighted by atomic mass is 19.4. The number of halogens is 3. The van der Waals surface area contributed by atoms with Gasteiger partial charge in [-0.1, -0.05) is 19.8 Å². The first-order valence-electron chi connectivity index (χ1n) is 14.7. The van der Waals surface area contributed by atoms with E-state index in [-0.39, 0.29) is 24.5 Å². The second-order valence-electron chi connectivity index (χ2n) is 12.3. The number of hydrogen-bond acceptors (Lipinski definition) is 6. The minimum atomic E-state index is -4.59. The molecule has 0 radical (unpaired) electrons. The summed E-state index contributed by atoms with van der Waals surface area (Å²) in [4.78, 5) is 17.6. The van der Waals surface area contributed by atoms with Gasteiger partial charge in [0.2, 0.25) is 6.79 Å². The number of carbonyl (C=O) groups is 1. The van der Waals surface area contributed by atoms with Gasteiger partial charge in [0, 0.05) is 25.7 Å². The molecule has 2 fully saturated rings.